The van der Waals surface area contributed by atoms with Gasteiger partial charge in [-0.3, -0.25) is 4.39 Å². The molecule has 0 aromatic heterocycles. The Bertz CT molecular complexity index is 68.6. The molecule has 0 heterocycles. The van der Waals surface area contributed by atoms with E-state index in [4.69, 9.17) is 0 Å². The second-order valence-corrected chi connectivity index (χ2v) is 3.17. The summed E-state index contributed by atoms with van der Waals surface area (Å²) in [4.78, 5) is 0. The van der Waals surface area contributed by atoms with Gasteiger partial charge in [-0.15, -0.1) is 0 Å². The summed E-state index contributed by atoms with van der Waals surface area (Å²) >= 11 is 2.03. The lowest BCUT2D eigenvalue weighted by Gasteiger charge is -2.01. The van der Waals surface area contributed by atoms with Gasteiger partial charge in [0.05, 0.1) is 6.67 Å². The van der Waals surface area contributed by atoms with Gasteiger partial charge < -0.3 is 0 Å². The summed E-state index contributed by atoms with van der Waals surface area (Å²) < 4.78 is 24.5. The molecular formula is C7H13F2I. The quantitative estimate of drug-likeness (QED) is 0.391. The highest BCUT2D eigenvalue weighted by Crippen LogP contribution is 2.08. The van der Waals surface area contributed by atoms with Crippen molar-refractivity contribution in [3.8, 4) is 0 Å². The molecule has 0 radical (unpaired) electrons. The summed E-state index contributed by atoms with van der Waals surface area (Å²) in [5.41, 5.74) is 0. The molecule has 1 atom stereocenters. The minimum atomic E-state index is -0.680. The molecule has 0 fully saturated rings. The van der Waals surface area contributed by atoms with Gasteiger partial charge in [-0.05, 0) is 12.8 Å². The molecule has 10 heavy (non-hydrogen) atoms. The van der Waals surface area contributed by atoms with E-state index in [1.54, 1.807) is 0 Å². The van der Waals surface area contributed by atoms with Crippen molar-refractivity contribution in [1.82, 2.24) is 0 Å². The number of unbranched alkanes of at least 4 members (excludes halogenated alkanes) is 2. The van der Waals surface area contributed by atoms with Crippen LogP contribution in [0, 0.1) is 0 Å². The summed E-state index contributed by atoms with van der Waals surface area (Å²) in [6.07, 6.45) is 2.17. The Hall–Kier alpha value is 0.590. The predicted octanol–water partition coefficient (Wildman–Crippen LogP) is 3.29. The van der Waals surface area contributed by atoms with E-state index in [-0.39, 0.29) is 6.67 Å². The molecule has 0 saturated carbocycles. The van der Waals surface area contributed by atoms with E-state index in [2.05, 4.69) is 0 Å². The Labute approximate surface area is 74.5 Å². The standard InChI is InChI=1S/C7H13F2I/c8-5-3-1-2-4-7(9)6-10/h7H,1-6H2. The molecular weight excluding hydrogens is 249 g/mol. The number of hydrogen-bond acceptors (Lipinski definition) is 0. The molecule has 1 unspecified atom stereocenters. The van der Waals surface area contributed by atoms with E-state index in [9.17, 15) is 8.78 Å². The first kappa shape index (κ1) is 10.6. The molecule has 3 heteroatoms. The van der Waals surface area contributed by atoms with Crippen LogP contribution in [-0.4, -0.2) is 17.3 Å². The molecule has 0 bridgehead atoms. The maximum absolute atomic E-state index is 12.5. The van der Waals surface area contributed by atoms with Crippen LogP contribution >= 0.6 is 22.6 Å². The SMILES string of the molecule is FCCCCCC(F)CI. The normalized spacial score (nSPS) is 13.5. The van der Waals surface area contributed by atoms with Crippen molar-refractivity contribution in [1.29, 1.82) is 0 Å². The molecule has 0 aromatic carbocycles. The fourth-order valence-corrected chi connectivity index (χ4v) is 1.15. The van der Waals surface area contributed by atoms with E-state index < -0.39 is 6.17 Å². The van der Waals surface area contributed by atoms with E-state index in [0.717, 1.165) is 12.8 Å². The smallest absolute Gasteiger partial charge is 0.109 e. The van der Waals surface area contributed by atoms with Crippen LogP contribution in [0.2, 0.25) is 0 Å². The lowest BCUT2D eigenvalue weighted by molar-refractivity contribution is 0.335. The average Bonchev–Trinajstić information content (AvgIpc) is 1.98. The Balaban J connectivity index is 2.89. The van der Waals surface area contributed by atoms with Crippen molar-refractivity contribution in [3.05, 3.63) is 0 Å². The van der Waals surface area contributed by atoms with E-state index in [1.807, 2.05) is 22.6 Å². The highest BCUT2D eigenvalue weighted by atomic mass is 127. The van der Waals surface area contributed by atoms with Gasteiger partial charge in [0.15, 0.2) is 0 Å². The Morgan fingerprint density at radius 1 is 1.20 bits per heavy atom. The van der Waals surface area contributed by atoms with E-state index in [1.165, 1.54) is 0 Å². The lowest BCUT2D eigenvalue weighted by Crippen LogP contribution is -2.00. The van der Waals surface area contributed by atoms with Crippen LogP contribution in [0.5, 0.6) is 0 Å². The largest absolute Gasteiger partial charge is 0.251 e. The van der Waals surface area contributed by atoms with Crippen LogP contribution in [0.15, 0.2) is 0 Å². The van der Waals surface area contributed by atoms with Gasteiger partial charge in [0, 0.05) is 4.43 Å². The molecule has 0 spiro atoms. The highest BCUT2D eigenvalue weighted by molar-refractivity contribution is 14.1. The maximum atomic E-state index is 12.5. The van der Waals surface area contributed by atoms with Gasteiger partial charge in [0.2, 0.25) is 0 Å². The monoisotopic (exact) mass is 262 g/mol. The van der Waals surface area contributed by atoms with Crippen LogP contribution in [0.25, 0.3) is 0 Å². The molecule has 0 aliphatic carbocycles. The fraction of sp³-hybridized carbons (Fsp3) is 1.00. The second kappa shape index (κ2) is 7.69. The molecule has 0 rings (SSSR count). The molecule has 0 saturated heterocycles. The first-order valence-corrected chi connectivity index (χ1v) is 5.09. The second-order valence-electron chi connectivity index (χ2n) is 2.29. The maximum Gasteiger partial charge on any atom is 0.109 e. The molecule has 62 valence electrons. The van der Waals surface area contributed by atoms with Gasteiger partial charge in [-0.1, -0.05) is 35.4 Å². The van der Waals surface area contributed by atoms with Crippen molar-refractivity contribution < 1.29 is 8.78 Å². The average molecular weight is 262 g/mol. The van der Waals surface area contributed by atoms with Gasteiger partial charge in [0.25, 0.3) is 0 Å². The van der Waals surface area contributed by atoms with Crippen LogP contribution in [0.3, 0.4) is 0 Å². The predicted molar refractivity (Wildman–Crippen MR) is 48.2 cm³/mol. The van der Waals surface area contributed by atoms with Gasteiger partial charge in [0.1, 0.15) is 6.17 Å². The van der Waals surface area contributed by atoms with Crippen molar-refractivity contribution >= 4 is 22.6 Å². The van der Waals surface area contributed by atoms with E-state index in [0.29, 0.717) is 17.3 Å². The molecule has 0 aliphatic heterocycles. The van der Waals surface area contributed by atoms with Crippen LogP contribution in [-0.2, 0) is 0 Å². The number of rotatable bonds is 6. The third-order valence-corrected chi connectivity index (χ3v) is 2.27. The zero-order valence-electron chi connectivity index (χ0n) is 5.95. The Morgan fingerprint density at radius 3 is 2.40 bits per heavy atom. The minimum Gasteiger partial charge on any atom is -0.251 e. The van der Waals surface area contributed by atoms with Crippen molar-refractivity contribution in [2.45, 2.75) is 31.9 Å². The number of hydrogen-bond donors (Lipinski definition) is 0. The minimum absolute atomic E-state index is 0.263. The number of alkyl halides is 3. The Kier molecular flexibility index (Phi) is 8.15. The van der Waals surface area contributed by atoms with E-state index >= 15 is 0 Å². The first-order chi connectivity index (χ1) is 4.81. The zero-order valence-corrected chi connectivity index (χ0v) is 8.11. The zero-order chi connectivity index (χ0) is 7.82. The first-order valence-electron chi connectivity index (χ1n) is 3.57. The van der Waals surface area contributed by atoms with Crippen molar-refractivity contribution in [3.63, 3.8) is 0 Å². The molecule has 0 nitrogen and oxygen atoms in total. The van der Waals surface area contributed by atoms with Gasteiger partial charge in [-0.25, -0.2) is 4.39 Å². The summed E-state index contributed by atoms with van der Waals surface area (Å²) in [5, 5.41) is 0. The van der Waals surface area contributed by atoms with Crippen LogP contribution in [0.4, 0.5) is 8.78 Å². The molecule has 0 N–H and O–H groups in total. The summed E-state index contributed by atoms with van der Waals surface area (Å²) in [6.45, 7) is -0.263. The summed E-state index contributed by atoms with van der Waals surface area (Å²) in [7, 11) is 0. The molecule has 0 aromatic rings. The van der Waals surface area contributed by atoms with Crippen LogP contribution < -0.4 is 0 Å². The number of halogens is 3. The lowest BCUT2D eigenvalue weighted by atomic mass is 10.1. The van der Waals surface area contributed by atoms with Crippen LogP contribution in [0.1, 0.15) is 25.7 Å². The molecule has 0 aliphatic rings. The highest BCUT2D eigenvalue weighted by Gasteiger charge is 2.01. The third-order valence-electron chi connectivity index (χ3n) is 1.32. The Morgan fingerprint density at radius 2 is 1.90 bits per heavy atom. The summed E-state index contributed by atoms with van der Waals surface area (Å²) in [5.74, 6) is 0. The molecule has 0 amide bonds. The van der Waals surface area contributed by atoms with Gasteiger partial charge >= 0.3 is 0 Å². The topological polar surface area (TPSA) is 0 Å². The fourth-order valence-electron chi connectivity index (χ4n) is 0.714. The van der Waals surface area contributed by atoms with Crippen molar-refractivity contribution in [2.75, 3.05) is 11.1 Å². The third kappa shape index (κ3) is 6.71. The van der Waals surface area contributed by atoms with Gasteiger partial charge in [-0.2, -0.15) is 0 Å². The van der Waals surface area contributed by atoms with Crippen molar-refractivity contribution in [2.24, 2.45) is 0 Å². The summed E-state index contributed by atoms with van der Waals surface area (Å²) in [6, 6.07) is 0.